The second-order valence-corrected chi connectivity index (χ2v) is 6.99. The monoisotopic (exact) mass is 370 g/mol. The van der Waals surface area contributed by atoms with Gasteiger partial charge in [0.2, 0.25) is 5.91 Å². The predicted molar refractivity (Wildman–Crippen MR) is 104 cm³/mol. The minimum Gasteiger partial charge on any atom is -0.378 e. The lowest BCUT2D eigenvalue weighted by Crippen LogP contribution is -2.41. The molecule has 1 heterocycles. The number of ether oxygens (including phenoxy) is 1. The number of benzene rings is 2. The molecule has 0 saturated carbocycles. The van der Waals surface area contributed by atoms with Crippen LogP contribution in [0.2, 0.25) is 0 Å². The minimum absolute atomic E-state index is 0.127. The zero-order valence-electron chi connectivity index (χ0n) is 14.5. The van der Waals surface area contributed by atoms with Gasteiger partial charge in [-0.15, -0.1) is 11.8 Å². The van der Waals surface area contributed by atoms with E-state index in [0.29, 0.717) is 37.6 Å². The molecule has 3 rings (SSSR count). The zero-order valence-corrected chi connectivity index (χ0v) is 15.3. The summed E-state index contributed by atoms with van der Waals surface area (Å²) in [6.07, 6.45) is 0. The Kier molecular flexibility index (Phi) is 6.68. The molecule has 6 heteroatoms. The second-order valence-electron chi connectivity index (χ2n) is 6.00. The van der Waals surface area contributed by atoms with E-state index in [9.17, 15) is 9.59 Å². The van der Waals surface area contributed by atoms with Gasteiger partial charge in [0, 0.05) is 30.1 Å². The van der Waals surface area contributed by atoms with Crippen molar-refractivity contribution in [3.8, 4) is 0 Å². The van der Waals surface area contributed by atoms with Gasteiger partial charge in [0.05, 0.1) is 19.0 Å². The lowest BCUT2D eigenvalue weighted by Gasteiger charge is -2.26. The number of rotatable bonds is 6. The van der Waals surface area contributed by atoms with Gasteiger partial charge in [-0.3, -0.25) is 9.59 Å². The van der Waals surface area contributed by atoms with Crippen molar-refractivity contribution in [3.63, 3.8) is 0 Å². The summed E-state index contributed by atoms with van der Waals surface area (Å²) in [4.78, 5) is 26.2. The van der Waals surface area contributed by atoms with Crippen LogP contribution in [0.1, 0.15) is 15.9 Å². The Morgan fingerprint density at radius 2 is 1.69 bits per heavy atom. The summed E-state index contributed by atoms with van der Waals surface area (Å²) in [7, 11) is 0. The van der Waals surface area contributed by atoms with Crippen molar-refractivity contribution in [1.82, 2.24) is 4.90 Å². The third-order valence-electron chi connectivity index (χ3n) is 4.11. The highest BCUT2D eigenvalue weighted by Gasteiger charge is 2.16. The van der Waals surface area contributed by atoms with Gasteiger partial charge < -0.3 is 15.0 Å². The third kappa shape index (κ3) is 5.34. The van der Waals surface area contributed by atoms with Gasteiger partial charge in [-0.05, 0) is 29.8 Å². The normalized spacial score (nSPS) is 14.1. The fourth-order valence-electron chi connectivity index (χ4n) is 2.64. The van der Waals surface area contributed by atoms with E-state index in [0.717, 1.165) is 17.0 Å². The molecule has 2 aromatic carbocycles. The lowest BCUT2D eigenvalue weighted by atomic mass is 10.1. The standard InChI is InChI=1S/C20H22N2O3S/c23-19(22-10-12-25-13-11-22)15-26-14-16-6-8-17(9-7-16)20(24)21-18-4-2-1-3-5-18/h1-9H,10-15H2,(H,21,24). The van der Waals surface area contributed by atoms with Crippen molar-refractivity contribution >= 4 is 29.3 Å². The first kappa shape index (κ1) is 18.5. The molecule has 1 N–H and O–H groups in total. The molecular formula is C20H22N2O3S. The Morgan fingerprint density at radius 3 is 2.38 bits per heavy atom. The Labute approximate surface area is 157 Å². The van der Waals surface area contributed by atoms with E-state index in [4.69, 9.17) is 4.74 Å². The molecule has 5 nitrogen and oxygen atoms in total. The number of anilines is 1. The molecule has 0 radical (unpaired) electrons. The highest BCUT2D eigenvalue weighted by molar-refractivity contribution is 7.99. The van der Waals surface area contributed by atoms with Gasteiger partial charge in [0.1, 0.15) is 0 Å². The first-order valence-electron chi connectivity index (χ1n) is 8.61. The van der Waals surface area contributed by atoms with Gasteiger partial charge in [-0.2, -0.15) is 0 Å². The quantitative estimate of drug-likeness (QED) is 0.849. The van der Waals surface area contributed by atoms with E-state index in [1.54, 1.807) is 11.8 Å². The number of nitrogens with one attached hydrogen (secondary N) is 1. The highest BCUT2D eigenvalue weighted by Crippen LogP contribution is 2.15. The number of morpholine rings is 1. The molecule has 0 unspecified atom stereocenters. The summed E-state index contributed by atoms with van der Waals surface area (Å²) in [6.45, 7) is 2.63. The SMILES string of the molecule is O=C(Nc1ccccc1)c1ccc(CSCC(=O)N2CCOCC2)cc1. The van der Waals surface area contributed by atoms with Crippen LogP contribution in [0.3, 0.4) is 0 Å². The molecule has 2 aromatic rings. The molecule has 26 heavy (non-hydrogen) atoms. The van der Waals surface area contributed by atoms with Crippen LogP contribution in [0, 0.1) is 0 Å². The molecule has 1 aliphatic heterocycles. The average molecular weight is 370 g/mol. The fraction of sp³-hybridized carbons (Fsp3) is 0.300. The second kappa shape index (κ2) is 9.40. The number of para-hydroxylation sites is 1. The van der Waals surface area contributed by atoms with E-state index < -0.39 is 0 Å². The minimum atomic E-state index is -0.127. The number of amides is 2. The van der Waals surface area contributed by atoms with Gasteiger partial charge in [0.25, 0.3) is 5.91 Å². The van der Waals surface area contributed by atoms with Crippen LogP contribution in [0.5, 0.6) is 0 Å². The van der Waals surface area contributed by atoms with Crippen molar-refractivity contribution in [2.75, 3.05) is 37.4 Å². The molecule has 0 spiro atoms. The van der Waals surface area contributed by atoms with Crippen molar-refractivity contribution in [3.05, 3.63) is 65.7 Å². The lowest BCUT2D eigenvalue weighted by molar-refractivity contribution is -0.132. The van der Waals surface area contributed by atoms with Crippen molar-refractivity contribution in [2.24, 2.45) is 0 Å². The van der Waals surface area contributed by atoms with Gasteiger partial charge >= 0.3 is 0 Å². The first-order chi connectivity index (χ1) is 12.7. The van der Waals surface area contributed by atoms with E-state index in [1.807, 2.05) is 59.5 Å². The van der Waals surface area contributed by atoms with Crippen molar-refractivity contribution in [2.45, 2.75) is 5.75 Å². The molecule has 1 saturated heterocycles. The van der Waals surface area contributed by atoms with Gasteiger partial charge in [-0.25, -0.2) is 0 Å². The Hall–Kier alpha value is -2.31. The number of hydrogen-bond donors (Lipinski definition) is 1. The van der Waals surface area contributed by atoms with Crippen molar-refractivity contribution in [1.29, 1.82) is 0 Å². The summed E-state index contributed by atoms with van der Waals surface area (Å²) < 4.78 is 5.26. The highest BCUT2D eigenvalue weighted by atomic mass is 32.2. The topological polar surface area (TPSA) is 58.6 Å². The van der Waals surface area contributed by atoms with Crippen LogP contribution < -0.4 is 5.32 Å². The van der Waals surface area contributed by atoms with Crippen molar-refractivity contribution < 1.29 is 14.3 Å². The van der Waals surface area contributed by atoms with Crippen LogP contribution in [0.25, 0.3) is 0 Å². The first-order valence-corrected chi connectivity index (χ1v) is 9.76. The number of thioether (sulfide) groups is 1. The van der Waals surface area contributed by atoms with Crippen LogP contribution in [0.15, 0.2) is 54.6 Å². The Bertz CT molecular complexity index is 728. The maximum absolute atomic E-state index is 12.2. The maximum Gasteiger partial charge on any atom is 0.255 e. The Balaban J connectivity index is 1.45. The van der Waals surface area contributed by atoms with Crippen LogP contribution >= 0.6 is 11.8 Å². The third-order valence-corrected chi connectivity index (χ3v) is 5.09. The van der Waals surface area contributed by atoms with Crippen LogP contribution in [-0.4, -0.2) is 48.8 Å². The van der Waals surface area contributed by atoms with Crippen LogP contribution in [-0.2, 0) is 15.3 Å². The molecule has 0 aliphatic carbocycles. The molecule has 0 bridgehead atoms. The molecule has 0 atom stereocenters. The Morgan fingerprint density at radius 1 is 1.00 bits per heavy atom. The molecule has 2 amide bonds. The summed E-state index contributed by atoms with van der Waals surface area (Å²) in [6, 6.07) is 16.9. The smallest absolute Gasteiger partial charge is 0.255 e. The summed E-state index contributed by atoms with van der Waals surface area (Å²) in [5, 5.41) is 2.87. The van der Waals surface area contributed by atoms with Crippen LogP contribution in [0.4, 0.5) is 5.69 Å². The molecule has 136 valence electrons. The largest absolute Gasteiger partial charge is 0.378 e. The average Bonchev–Trinajstić information content (AvgIpc) is 2.70. The molecule has 1 aliphatic rings. The number of carbonyl (C=O) groups excluding carboxylic acids is 2. The molecular weight excluding hydrogens is 348 g/mol. The van der Waals surface area contributed by atoms with Gasteiger partial charge in [0.15, 0.2) is 0 Å². The number of nitrogens with zero attached hydrogens (tertiary/aromatic N) is 1. The fourth-order valence-corrected chi connectivity index (χ4v) is 3.52. The summed E-state index contributed by atoms with van der Waals surface area (Å²) in [5.74, 6) is 1.25. The summed E-state index contributed by atoms with van der Waals surface area (Å²) in [5.41, 5.74) is 2.49. The molecule has 0 aromatic heterocycles. The van der Waals surface area contributed by atoms with E-state index in [-0.39, 0.29) is 11.8 Å². The summed E-state index contributed by atoms with van der Waals surface area (Å²) >= 11 is 1.59. The molecule has 1 fully saturated rings. The van der Waals surface area contributed by atoms with Gasteiger partial charge in [-0.1, -0.05) is 30.3 Å². The number of hydrogen-bond acceptors (Lipinski definition) is 4. The van der Waals surface area contributed by atoms with E-state index in [2.05, 4.69) is 5.32 Å². The maximum atomic E-state index is 12.2. The zero-order chi connectivity index (χ0) is 18.2. The predicted octanol–water partition coefficient (Wildman–Crippen LogP) is 3.03. The number of carbonyl (C=O) groups is 2. The van der Waals surface area contributed by atoms with E-state index >= 15 is 0 Å². The van der Waals surface area contributed by atoms with E-state index in [1.165, 1.54) is 0 Å².